The first-order valence-corrected chi connectivity index (χ1v) is 32.3. The fraction of sp³-hybridized carbons (Fsp3) is 0.879. The van der Waals surface area contributed by atoms with E-state index in [4.69, 9.17) is 4.74 Å². The van der Waals surface area contributed by atoms with Crippen LogP contribution in [0.3, 0.4) is 0 Å². The lowest BCUT2D eigenvalue weighted by molar-refractivity contribution is -0.143. The van der Waals surface area contributed by atoms with Crippen LogP contribution in [0.4, 0.5) is 0 Å². The first kappa shape index (κ1) is 71.0. The molecule has 430 valence electrons. The molecule has 0 aliphatic rings. The number of amides is 1. The normalized spacial score (nSPS) is 13.2. The van der Waals surface area contributed by atoms with Gasteiger partial charge in [0.05, 0.1) is 31.5 Å². The molecule has 0 radical (unpaired) electrons. The van der Waals surface area contributed by atoms with Gasteiger partial charge in [-0.05, 0) is 57.8 Å². The number of aliphatic hydroxyl groups is 3. The molecule has 0 spiro atoms. The molecule has 7 heteroatoms. The van der Waals surface area contributed by atoms with Gasteiger partial charge in [0.25, 0.3) is 0 Å². The van der Waals surface area contributed by atoms with Gasteiger partial charge in [0.2, 0.25) is 5.91 Å². The van der Waals surface area contributed by atoms with Gasteiger partial charge in [-0.15, -0.1) is 0 Å². The molecule has 73 heavy (non-hydrogen) atoms. The van der Waals surface area contributed by atoms with Gasteiger partial charge in [0, 0.05) is 12.8 Å². The zero-order chi connectivity index (χ0) is 53.0. The van der Waals surface area contributed by atoms with E-state index in [1.165, 1.54) is 256 Å². The fourth-order valence-corrected chi connectivity index (χ4v) is 9.98. The van der Waals surface area contributed by atoms with E-state index in [0.29, 0.717) is 25.9 Å². The van der Waals surface area contributed by atoms with Gasteiger partial charge in [0.15, 0.2) is 0 Å². The third-order valence-electron chi connectivity index (χ3n) is 15.0. The Bertz CT molecular complexity index is 1200. The molecule has 0 fully saturated rings. The van der Waals surface area contributed by atoms with Gasteiger partial charge < -0.3 is 25.4 Å². The van der Waals surface area contributed by atoms with Crippen LogP contribution < -0.4 is 5.32 Å². The summed E-state index contributed by atoms with van der Waals surface area (Å²) >= 11 is 0. The van der Waals surface area contributed by atoms with E-state index in [0.717, 1.165) is 57.8 Å². The van der Waals surface area contributed by atoms with Crippen LogP contribution in [0.2, 0.25) is 0 Å². The Hall–Kier alpha value is -1.96. The highest BCUT2D eigenvalue weighted by molar-refractivity contribution is 5.76. The summed E-state index contributed by atoms with van der Waals surface area (Å²) in [7, 11) is 0. The number of carbonyl (C=O) groups is 2. The maximum absolute atomic E-state index is 12.5. The number of rotatable bonds is 60. The van der Waals surface area contributed by atoms with Gasteiger partial charge in [-0.3, -0.25) is 9.59 Å². The van der Waals surface area contributed by atoms with Gasteiger partial charge in [0.1, 0.15) is 0 Å². The Kier molecular flexibility index (Phi) is 59.3. The lowest BCUT2D eigenvalue weighted by Gasteiger charge is -2.20. The van der Waals surface area contributed by atoms with E-state index in [2.05, 4.69) is 43.5 Å². The van der Waals surface area contributed by atoms with E-state index in [1.807, 2.05) is 0 Å². The third kappa shape index (κ3) is 57.6. The summed E-state index contributed by atoms with van der Waals surface area (Å²) in [6, 6.07) is -0.748. The highest BCUT2D eigenvalue weighted by Gasteiger charge is 2.18. The molecule has 0 unspecified atom stereocenters. The van der Waals surface area contributed by atoms with Crippen molar-refractivity contribution in [3.63, 3.8) is 0 Å². The molecule has 0 aliphatic carbocycles. The number of ether oxygens (including phenoxy) is 1. The molecule has 0 heterocycles. The van der Waals surface area contributed by atoms with Crippen LogP contribution >= 0.6 is 0 Å². The Labute approximate surface area is 454 Å². The van der Waals surface area contributed by atoms with Crippen molar-refractivity contribution in [2.45, 2.75) is 360 Å². The van der Waals surface area contributed by atoms with Crippen LogP contribution in [0, 0.1) is 0 Å². The van der Waals surface area contributed by atoms with Crippen molar-refractivity contribution >= 4 is 11.9 Å². The van der Waals surface area contributed by atoms with Crippen molar-refractivity contribution in [3.8, 4) is 0 Å². The molecule has 0 aromatic carbocycles. The quantitative estimate of drug-likeness (QED) is 0.0274. The second-order valence-corrected chi connectivity index (χ2v) is 22.3. The Morgan fingerprint density at radius 3 is 1.18 bits per heavy atom. The largest absolute Gasteiger partial charge is 0.466 e. The molecule has 0 saturated heterocycles. The van der Waals surface area contributed by atoms with Crippen molar-refractivity contribution in [1.82, 2.24) is 5.32 Å². The van der Waals surface area contributed by atoms with Crippen LogP contribution in [0.5, 0.6) is 0 Å². The second-order valence-electron chi connectivity index (χ2n) is 22.3. The van der Waals surface area contributed by atoms with Crippen LogP contribution in [0.25, 0.3) is 0 Å². The number of aliphatic hydroxyl groups excluding tert-OH is 3. The summed E-state index contributed by atoms with van der Waals surface area (Å²) in [6.07, 6.45) is 73.6. The molecular weight excluding hydrogens is 903 g/mol. The minimum Gasteiger partial charge on any atom is -0.466 e. The molecule has 1 amide bonds. The molecule has 7 nitrogen and oxygen atoms in total. The summed E-state index contributed by atoms with van der Waals surface area (Å²) in [5.74, 6) is -0.128. The van der Waals surface area contributed by atoms with Crippen molar-refractivity contribution in [2.75, 3.05) is 13.2 Å². The number of unbranched alkanes of at least 4 members (excludes halogenated alkanes) is 43. The highest BCUT2D eigenvalue weighted by atomic mass is 16.5. The van der Waals surface area contributed by atoms with Crippen LogP contribution in [0.1, 0.15) is 341 Å². The third-order valence-corrected chi connectivity index (χ3v) is 15.0. The van der Waals surface area contributed by atoms with E-state index in [1.54, 1.807) is 6.08 Å². The molecule has 0 aromatic rings. The Morgan fingerprint density at radius 2 is 0.753 bits per heavy atom. The van der Waals surface area contributed by atoms with Crippen LogP contribution in [0.15, 0.2) is 36.5 Å². The van der Waals surface area contributed by atoms with Crippen molar-refractivity contribution < 1.29 is 29.6 Å². The lowest BCUT2D eigenvalue weighted by Crippen LogP contribution is -2.45. The fourth-order valence-electron chi connectivity index (χ4n) is 9.98. The number of esters is 1. The molecule has 3 atom stereocenters. The summed E-state index contributed by atoms with van der Waals surface area (Å²) in [5.41, 5.74) is 0. The average Bonchev–Trinajstić information content (AvgIpc) is 3.39. The first-order chi connectivity index (χ1) is 35.9. The monoisotopic (exact) mass is 1030 g/mol. The van der Waals surface area contributed by atoms with Crippen molar-refractivity contribution in [2.24, 2.45) is 0 Å². The highest BCUT2D eigenvalue weighted by Crippen LogP contribution is 2.18. The minimum absolute atomic E-state index is 0.000923. The standard InChI is InChI=1S/C66H125NO6/c1-3-5-7-9-11-13-15-16-30-34-37-41-45-49-53-57-66(72)73-60-54-50-46-42-38-35-32-29-27-25-23-21-19-17-18-20-22-24-26-28-31-33-36-40-44-48-52-56-65(71)67-63(61-68)64(70)59-58-62(69)55-51-47-43-39-14-12-10-8-6-4-2/h11,13,16,30,58-59,62-64,68-70H,3-10,12,14-15,17-29,31-57,60-61H2,1-2H3,(H,67,71)/b13-11-,30-16-,59-58?/t62-,63+,64-/m1/s1. The number of allylic oxidation sites excluding steroid dienone is 4. The molecule has 0 aliphatic heterocycles. The smallest absolute Gasteiger partial charge is 0.305 e. The maximum Gasteiger partial charge on any atom is 0.305 e. The molecule has 0 rings (SSSR count). The SMILES string of the molecule is CCCCC/C=C\C/C=C\CCCCCCCC(=O)OCCCCCCCCCCCCCCCCCCCCCCCCCCCCCC(=O)N[C@@H](CO)[C@H](O)C=C[C@H](O)CCCCCCCCCCCC. The number of nitrogens with one attached hydrogen (secondary N) is 1. The Morgan fingerprint density at radius 1 is 0.411 bits per heavy atom. The van der Waals surface area contributed by atoms with Gasteiger partial charge in [-0.2, -0.15) is 0 Å². The summed E-state index contributed by atoms with van der Waals surface area (Å²) in [4.78, 5) is 24.5. The molecular formula is C66H125NO6. The summed E-state index contributed by atoms with van der Waals surface area (Å²) in [5, 5.41) is 33.3. The van der Waals surface area contributed by atoms with Gasteiger partial charge >= 0.3 is 5.97 Å². The van der Waals surface area contributed by atoms with Crippen LogP contribution in [-0.4, -0.2) is 58.7 Å². The predicted octanol–water partition coefficient (Wildman–Crippen LogP) is 19.3. The van der Waals surface area contributed by atoms with E-state index < -0.39 is 18.2 Å². The molecule has 0 aromatic heterocycles. The zero-order valence-corrected chi connectivity index (χ0v) is 48.7. The second kappa shape index (κ2) is 60.9. The number of hydrogen-bond donors (Lipinski definition) is 4. The molecule has 0 bridgehead atoms. The molecule has 4 N–H and O–H groups in total. The van der Waals surface area contributed by atoms with Crippen molar-refractivity contribution in [3.05, 3.63) is 36.5 Å². The number of carbonyl (C=O) groups excluding carboxylic acids is 2. The minimum atomic E-state index is -1.02. The van der Waals surface area contributed by atoms with Gasteiger partial charge in [-0.25, -0.2) is 0 Å². The Balaban J connectivity index is 3.40. The topological polar surface area (TPSA) is 116 Å². The summed E-state index contributed by atoms with van der Waals surface area (Å²) < 4.78 is 5.48. The first-order valence-electron chi connectivity index (χ1n) is 32.3. The van der Waals surface area contributed by atoms with E-state index in [-0.39, 0.29) is 18.5 Å². The predicted molar refractivity (Wildman–Crippen MR) is 316 cm³/mol. The van der Waals surface area contributed by atoms with E-state index in [9.17, 15) is 24.9 Å². The molecule has 0 saturated carbocycles. The van der Waals surface area contributed by atoms with Gasteiger partial charge in [-0.1, -0.05) is 307 Å². The zero-order valence-electron chi connectivity index (χ0n) is 48.7. The van der Waals surface area contributed by atoms with E-state index >= 15 is 0 Å². The van der Waals surface area contributed by atoms with Crippen LogP contribution in [-0.2, 0) is 14.3 Å². The maximum atomic E-state index is 12.5. The number of hydrogen-bond acceptors (Lipinski definition) is 6. The lowest BCUT2D eigenvalue weighted by atomic mass is 10.0. The average molecular weight is 1030 g/mol. The van der Waals surface area contributed by atoms with Crippen molar-refractivity contribution in [1.29, 1.82) is 0 Å². The summed E-state index contributed by atoms with van der Waals surface area (Å²) in [6.45, 7) is 4.77.